The predicted octanol–water partition coefficient (Wildman–Crippen LogP) is 3.96. The molecule has 0 amide bonds. The van der Waals surface area contributed by atoms with Gasteiger partial charge in [-0.1, -0.05) is 54.1 Å². The topological polar surface area (TPSA) is 107 Å². The van der Waals surface area contributed by atoms with Gasteiger partial charge in [-0.25, -0.2) is 15.4 Å². The molecule has 0 bridgehead atoms. The van der Waals surface area contributed by atoms with Crippen LogP contribution in [0, 0.1) is 11.3 Å². The number of halogens is 1. The number of H-pyrrole nitrogens is 1. The molecule has 140 valence electrons. The van der Waals surface area contributed by atoms with E-state index >= 15 is 0 Å². The molecule has 4 rings (SSSR count). The van der Waals surface area contributed by atoms with Crippen molar-refractivity contribution in [3.05, 3.63) is 87.4 Å². The zero-order chi connectivity index (χ0) is 20.2. The van der Waals surface area contributed by atoms with Crippen molar-refractivity contribution in [3.8, 4) is 17.3 Å². The number of nitriles is 1. The van der Waals surface area contributed by atoms with E-state index in [4.69, 9.17) is 11.6 Å². The molecule has 0 aliphatic carbocycles. The first-order valence-corrected chi connectivity index (χ1v) is 8.96. The molecule has 0 fully saturated rings. The van der Waals surface area contributed by atoms with Crippen LogP contribution in [-0.2, 0) is 0 Å². The third kappa shape index (κ3) is 3.98. The highest BCUT2D eigenvalue weighted by molar-refractivity contribution is 6.30. The minimum absolute atomic E-state index is 0.0496. The van der Waals surface area contributed by atoms with E-state index in [0.29, 0.717) is 16.4 Å². The Labute approximate surface area is 170 Å². The average Bonchev–Trinajstić information content (AvgIpc) is 2.74. The summed E-state index contributed by atoms with van der Waals surface area (Å²) < 4.78 is 0. The second kappa shape index (κ2) is 7.92. The molecule has 0 saturated heterocycles. The normalized spacial score (nSPS) is 10.9. The number of benzene rings is 2. The van der Waals surface area contributed by atoms with E-state index in [0.717, 1.165) is 16.3 Å². The number of anilines is 1. The van der Waals surface area contributed by atoms with Crippen LogP contribution >= 0.6 is 11.6 Å². The molecule has 0 atom stereocenters. The van der Waals surface area contributed by atoms with Gasteiger partial charge in [0.25, 0.3) is 5.56 Å². The molecule has 4 aromatic rings. The van der Waals surface area contributed by atoms with Gasteiger partial charge in [-0.05, 0) is 23.1 Å². The van der Waals surface area contributed by atoms with E-state index in [1.807, 2.05) is 42.5 Å². The lowest BCUT2D eigenvalue weighted by molar-refractivity contribution is 1.08. The van der Waals surface area contributed by atoms with Crippen molar-refractivity contribution < 1.29 is 0 Å². The number of nitrogens with zero attached hydrogens (tertiary/aromatic N) is 4. The Morgan fingerprint density at radius 1 is 1.14 bits per heavy atom. The summed E-state index contributed by atoms with van der Waals surface area (Å²) in [4.78, 5) is 23.2. The summed E-state index contributed by atoms with van der Waals surface area (Å²) in [6.07, 6.45) is 3.28. The van der Waals surface area contributed by atoms with Crippen LogP contribution in [0.5, 0.6) is 0 Å². The molecule has 0 aliphatic heterocycles. The van der Waals surface area contributed by atoms with Gasteiger partial charge in [0.05, 0.1) is 11.9 Å². The van der Waals surface area contributed by atoms with Crippen molar-refractivity contribution in [1.29, 1.82) is 5.26 Å². The van der Waals surface area contributed by atoms with Crippen molar-refractivity contribution in [2.75, 3.05) is 5.43 Å². The fourth-order valence-corrected chi connectivity index (χ4v) is 2.98. The van der Waals surface area contributed by atoms with E-state index in [2.05, 4.69) is 25.5 Å². The molecule has 0 spiro atoms. The van der Waals surface area contributed by atoms with Crippen molar-refractivity contribution >= 4 is 34.5 Å². The molecule has 2 N–H and O–H groups in total. The Kier molecular flexibility index (Phi) is 5.01. The molecule has 2 aromatic heterocycles. The lowest BCUT2D eigenvalue weighted by atomic mass is 10.1. The number of hydrogen-bond acceptors (Lipinski definition) is 6. The first-order valence-electron chi connectivity index (χ1n) is 8.58. The van der Waals surface area contributed by atoms with Gasteiger partial charge in [0.15, 0.2) is 0 Å². The number of rotatable bonds is 4. The maximum atomic E-state index is 12.2. The number of pyridine rings is 1. The van der Waals surface area contributed by atoms with Gasteiger partial charge in [-0.2, -0.15) is 10.4 Å². The minimum atomic E-state index is -0.535. The molecule has 7 nitrogen and oxygen atoms in total. The van der Waals surface area contributed by atoms with Crippen LogP contribution in [0.1, 0.15) is 11.1 Å². The van der Waals surface area contributed by atoms with Gasteiger partial charge in [-0.15, -0.1) is 0 Å². The van der Waals surface area contributed by atoms with Gasteiger partial charge in [0.2, 0.25) is 5.95 Å². The maximum Gasteiger partial charge on any atom is 0.270 e. The fourth-order valence-electron chi connectivity index (χ4n) is 2.82. The average molecular weight is 401 g/mol. The van der Waals surface area contributed by atoms with Crippen LogP contribution in [0.2, 0.25) is 5.15 Å². The van der Waals surface area contributed by atoms with Crippen LogP contribution < -0.4 is 11.0 Å². The molecule has 0 saturated carbocycles. The third-order valence-electron chi connectivity index (χ3n) is 4.17. The van der Waals surface area contributed by atoms with Crippen molar-refractivity contribution in [2.24, 2.45) is 5.10 Å². The molecule has 8 heteroatoms. The Bertz CT molecular complexity index is 1320. The Balaban J connectivity index is 1.61. The summed E-state index contributed by atoms with van der Waals surface area (Å²) in [6.45, 7) is 0. The van der Waals surface area contributed by atoms with Gasteiger partial charge < -0.3 is 0 Å². The molecular weight excluding hydrogens is 388 g/mol. The minimum Gasteiger partial charge on any atom is -0.290 e. The van der Waals surface area contributed by atoms with Crippen molar-refractivity contribution in [3.63, 3.8) is 0 Å². The number of nitrogens with one attached hydrogen (secondary N) is 2. The number of hydrazone groups is 1. The quantitative estimate of drug-likeness (QED) is 0.306. The van der Waals surface area contributed by atoms with Gasteiger partial charge in [0.1, 0.15) is 16.8 Å². The fraction of sp³-hybridized carbons (Fsp3) is 0. The van der Waals surface area contributed by atoms with Crippen molar-refractivity contribution in [2.45, 2.75) is 0 Å². The van der Waals surface area contributed by atoms with E-state index in [1.54, 1.807) is 30.6 Å². The molecule has 0 radical (unpaired) electrons. The van der Waals surface area contributed by atoms with Crippen LogP contribution in [0.25, 0.3) is 22.0 Å². The van der Waals surface area contributed by atoms with Gasteiger partial charge in [0, 0.05) is 17.1 Å². The van der Waals surface area contributed by atoms with E-state index in [-0.39, 0.29) is 11.5 Å². The number of aromatic nitrogens is 3. The number of fused-ring (bicyclic) bond motifs is 1. The lowest BCUT2D eigenvalue weighted by Crippen LogP contribution is -2.16. The SMILES string of the molecule is N#Cc1c(-c2ccccc2)nc(NN=Cc2ccc3cc(Cl)ncc3c2)[nH]c1=O. The molecule has 0 aliphatic rings. The smallest absolute Gasteiger partial charge is 0.270 e. The zero-order valence-corrected chi connectivity index (χ0v) is 15.7. The van der Waals surface area contributed by atoms with Crippen molar-refractivity contribution in [1.82, 2.24) is 15.0 Å². The summed E-state index contributed by atoms with van der Waals surface area (Å²) in [5, 5.41) is 15.8. The molecule has 2 heterocycles. The summed E-state index contributed by atoms with van der Waals surface area (Å²) >= 11 is 5.90. The summed E-state index contributed by atoms with van der Waals surface area (Å²) in [6, 6.07) is 18.4. The summed E-state index contributed by atoms with van der Waals surface area (Å²) in [7, 11) is 0. The standard InChI is InChI=1S/C21H13ClN6O/c22-18-9-15-7-6-13(8-16(15)12-24-18)11-25-28-21-26-19(14-4-2-1-3-5-14)17(10-23)20(29)27-21/h1-9,11-12H,(H2,26,27,28,29). The highest BCUT2D eigenvalue weighted by Gasteiger charge is 2.12. The van der Waals surface area contributed by atoms with Crippen LogP contribution in [-0.4, -0.2) is 21.2 Å². The van der Waals surface area contributed by atoms with Crippen LogP contribution in [0.15, 0.2) is 70.7 Å². The second-order valence-electron chi connectivity index (χ2n) is 6.10. The zero-order valence-electron chi connectivity index (χ0n) is 14.9. The van der Waals surface area contributed by atoms with E-state index in [1.165, 1.54) is 0 Å². The second-order valence-corrected chi connectivity index (χ2v) is 6.49. The Hall–Kier alpha value is -4.02. The Morgan fingerprint density at radius 2 is 1.97 bits per heavy atom. The summed E-state index contributed by atoms with van der Waals surface area (Å²) in [5.41, 5.74) is 3.92. The van der Waals surface area contributed by atoms with E-state index < -0.39 is 5.56 Å². The third-order valence-corrected chi connectivity index (χ3v) is 4.38. The predicted molar refractivity (Wildman–Crippen MR) is 113 cm³/mol. The maximum absolute atomic E-state index is 12.2. The number of aromatic amines is 1. The first-order chi connectivity index (χ1) is 14.1. The molecule has 0 unspecified atom stereocenters. The highest BCUT2D eigenvalue weighted by atomic mass is 35.5. The van der Waals surface area contributed by atoms with Crippen LogP contribution in [0.3, 0.4) is 0 Å². The van der Waals surface area contributed by atoms with E-state index in [9.17, 15) is 10.1 Å². The number of hydrogen-bond donors (Lipinski definition) is 2. The lowest BCUT2D eigenvalue weighted by Gasteiger charge is -2.06. The molecule has 2 aromatic carbocycles. The highest BCUT2D eigenvalue weighted by Crippen LogP contribution is 2.20. The molecule has 29 heavy (non-hydrogen) atoms. The molecular formula is C21H13ClN6O. The largest absolute Gasteiger partial charge is 0.290 e. The Morgan fingerprint density at radius 3 is 2.76 bits per heavy atom. The van der Waals surface area contributed by atoms with Crippen LogP contribution in [0.4, 0.5) is 5.95 Å². The van der Waals surface area contributed by atoms with Gasteiger partial charge in [-0.3, -0.25) is 9.78 Å². The van der Waals surface area contributed by atoms with Gasteiger partial charge >= 0.3 is 0 Å². The summed E-state index contributed by atoms with van der Waals surface area (Å²) in [5.74, 6) is 0.137. The monoisotopic (exact) mass is 400 g/mol. The first kappa shape index (κ1) is 18.3.